The molecule has 2 amide bonds. The molecule has 1 aromatic rings. The monoisotopic (exact) mass is 238 g/mol. The molecule has 0 saturated carbocycles. The van der Waals surface area contributed by atoms with Crippen LogP contribution in [0.5, 0.6) is 0 Å². The minimum absolute atomic E-state index is 0.107. The number of benzene rings is 1. The largest absolute Gasteiger partial charge is 0.350 e. The number of amides is 2. The van der Waals surface area contributed by atoms with Crippen molar-refractivity contribution in [2.75, 3.05) is 0 Å². The normalized spacial score (nSPS) is 11.7. The molecular formula is C12H15FN2O2. The Balaban J connectivity index is 2.48. The van der Waals surface area contributed by atoms with Gasteiger partial charge in [0.15, 0.2) is 0 Å². The molecule has 0 heterocycles. The summed E-state index contributed by atoms with van der Waals surface area (Å²) in [6.45, 7) is 3.01. The Bertz CT molecular complexity index is 421. The van der Waals surface area contributed by atoms with E-state index in [1.807, 2.05) is 0 Å². The van der Waals surface area contributed by atoms with Gasteiger partial charge in [-0.15, -0.1) is 0 Å². The highest BCUT2D eigenvalue weighted by atomic mass is 19.1. The molecule has 0 radical (unpaired) electrons. The fraction of sp³-hybridized carbons (Fsp3) is 0.333. The summed E-state index contributed by atoms with van der Waals surface area (Å²) in [5.41, 5.74) is 0.413. The van der Waals surface area contributed by atoms with Gasteiger partial charge < -0.3 is 10.6 Å². The lowest BCUT2D eigenvalue weighted by Crippen LogP contribution is -2.43. The summed E-state index contributed by atoms with van der Waals surface area (Å²) in [6, 6.07) is 5.58. The molecule has 92 valence electrons. The van der Waals surface area contributed by atoms with E-state index in [4.69, 9.17) is 0 Å². The van der Waals surface area contributed by atoms with Crippen molar-refractivity contribution in [2.45, 2.75) is 26.4 Å². The summed E-state index contributed by atoms with van der Waals surface area (Å²) < 4.78 is 13.2. The van der Waals surface area contributed by atoms with E-state index in [9.17, 15) is 14.0 Å². The molecule has 17 heavy (non-hydrogen) atoms. The average molecular weight is 238 g/mol. The molecule has 0 spiro atoms. The Morgan fingerprint density at radius 1 is 1.35 bits per heavy atom. The molecule has 0 aromatic heterocycles. The standard InChI is InChI=1S/C12H15FN2O2/c1-8(15-9(2)16)12(17)14-7-10-5-3-4-6-11(10)13/h3-6,8H,7H2,1-2H3,(H,14,17)(H,15,16)/t8-/m0/s1. The molecule has 1 aromatic carbocycles. The van der Waals surface area contributed by atoms with E-state index in [1.54, 1.807) is 25.1 Å². The van der Waals surface area contributed by atoms with Gasteiger partial charge in [-0.1, -0.05) is 18.2 Å². The molecule has 0 aliphatic rings. The van der Waals surface area contributed by atoms with Gasteiger partial charge in [-0.2, -0.15) is 0 Å². The zero-order chi connectivity index (χ0) is 12.8. The van der Waals surface area contributed by atoms with Crippen LogP contribution in [0.2, 0.25) is 0 Å². The first-order chi connectivity index (χ1) is 8.00. The van der Waals surface area contributed by atoms with Gasteiger partial charge in [-0.05, 0) is 13.0 Å². The average Bonchev–Trinajstić information content (AvgIpc) is 2.26. The van der Waals surface area contributed by atoms with Gasteiger partial charge in [-0.3, -0.25) is 9.59 Å². The lowest BCUT2D eigenvalue weighted by atomic mass is 10.2. The zero-order valence-corrected chi connectivity index (χ0v) is 9.79. The van der Waals surface area contributed by atoms with E-state index in [0.29, 0.717) is 5.56 Å². The summed E-state index contributed by atoms with van der Waals surface area (Å²) in [4.78, 5) is 22.3. The van der Waals surface area contributed by atoms with Crippen LogP contribution in [-0.4, -0.2) is 17.9 Å². The maximum Gasteiger partial charge on any atom is 0.242 e. The first kappa shape index (κ1) is 13.2. The molecule has 2 N–H and O–H groups in total. The zero-order valence-electron chi connectivity index (χ0n) is 9.79. The van der Waals surface area contributed by atoms with Crippen LogP contribution in [-0.2, 0) is 16.1 Å². The maximum atomic E-state index is 13.2. The Morgan fingerprint density at radius 3 is 2.59 bits per heavy atom. The minimum atomic E-state index is -0.626. The maximum absolute atomic E-state index is 13.2. The molecule has 0 aliphatic heterocycles. The Hall–Kier alpha value is -1.91. The number of carbonyl (C=O) groups excluding carboxylic acids is 2. The lowest BCUT2D eigenvalue weighted by molar-refractivity contribution is -0.127. The molecule has 5 heteroatoms. The third-order valence-electron chi connectivity index (χ3n) is 2.22. The number of nitrogens with one attached hydrogen (secondary N) is 2. The third kappa shape index (κ3) is 4.22. The predicted molar refractivity (Wildman–Crippen MR) is 61.5 cm³/mol. The summed E-state index contributed by atoms with van der Waals surface area (Å²) in [6.07, 6.45) is 0. The highest BCUT2D eigenvalue weighted by Crippen LogP contribution is 2.05. The topological polar surface area (TPSA) is 58.2 Å². The van der Waals surface area contributed by atoms with Crippen LogP contribution < -0.4 is 10.6 Å². The second-order valence-electron chi connectivity index (χ2n) is 3.73. The van der Waals surface area contributed by atoms with Crippen molar-refractivity contribution in [3.05, 3.63) is 35.6 Å². The highest BCUT2D eigenvalue weighted by Gasteiger charge is 2.13. The Kier molecular flexibility index (Phi) is 4.63. The van der Waals surface area contributed by atoms with Crippen molar-refractivity contribution in [3.63, 3.8) is 0 Å². The highest BCUT2D eigenvalue weighted by molar-refractivity contribution is 5.86. The van der Waals surface area contributed by atoms with Crippen LogP contribution in [0.3, 0.4) is 0 Å². The molecule has 0 bridgehead atoms. The molecule has 0 fully saturated rings. The van der Waals surface area contributed by atoms with Crippen LogP contribution >= 0.6 is 0 Å². The van der Waals surface area contributed by atoms with Gasteiger partial charge in [0.25, 0.3) is 0 Å². The van der Waals surface area contributed by atoms with E-state index < -0.39 is 6.04 Å². The molecule has 4 nitrogen and oxygen atoms in total. The number of hydrogen-bond donors (Lipinski definition) is 2. The molecule has 0 saturated heterocycles. The van der Waals surface area contributed by atoms with Crippen LogP contribution in [0, 0.1) is 5.82 Å². The van der Waals surface area contributed by atoms with Gasteiger partial charge in [0.2, 0.25) is 11.8 Å². The Morgan fingerprint density at radius 2 is 2.00 bits per heavy atom. The van der Waals surface area contributed by atoms with Crippen molar-refractivity contribution >= 4 is 11.8 Å². The van der Waals surface area contributed by atoms with Gasteiger partial charge in [-0.25, -0.2) is 4.39 Å². The smallest absolute Gasteiger partial charge is 0.242 e. The minimum Gasteiger partial charge on any atom is -0.350 e. The molecule has 0 unspecified atom stereocenters. The number of rotatable bonds is 4. The second-order valence-corrected chi connectivity index (χ2v) is 3.73. The van der Waals surface area contributed by atoms with E-state index in [1.165, 1.54) is 13.0 Å². The number of hydrogen-bond acceptors (Lipinski definition) is 2. The van der Waals surface area contributed by atoms with Gasteiger partial charge in [0, 0.05) is 19.0 Å². The van der Waals surface area contributed by atoms with Gasteiger partial charge in [0.05, 0.1) is 0 Å². The SMILES string of the molecule is CC(=O)N[C@@H](C)C(=O)NCc1ccccc1F. The molecule has 1 atom stereocenters. The summed E-state index contributed by atoms with van der Waals surface area (Å²) in [5.74, 6) is -0.984. The Labute approximate surface area is 99.2 Å². The lowest BCUT2D eigenvalue weighted by Gasteiger charge is -2.12. The van der Waals surface area contributed by atoms with E-state index in [-0.39, 0.29) is 24.2 Å². The number of halogens is 1. The summed E-state index contributed by atoms with van der Waals surface area (Å²) in [7, 11) is 0. The third-order valence-corrected chi connectivity index (χ3v) is 2.22. The number of carbonyl (C=O) groups is 2. The fourth-order valence-electron chi connectivity index (χ4n) is 1.35. The molecule has 0 aliphatic carbocycles. The van der Waals surface area contributed by atoms with Gasteiger partial charge >= 0.3 is 0 Å². The predicted octanol–water partition coefficient (Wildman–Crippen LogP) is 0.966. The van der Waals surface area contributed by atoms with E-state index in [2.05, 4.69) is 10.6 Å². The van der Waals surface area contributed by atoms with E-state index in [0.717, 1.165) is 0 Å². The van der Waals surface area contributed by atoms with Crippen molar-refractivity contribution in [1.29, 1.82) is 0 Å². The van der Waals surface area contributed by atoms with Crippen molar-refractivity contribution in [1.82, 2.24) is 10.6 Å². The summed E-state index contributed by atoms with van der Waals surface area (Å²) >= 11 is 0. The van der Waals surface area contributed by atoms with Gasteiger partial charge in [0.1, 0.15) is 11.9 Å². The quantitative estimate of drug-likeness (QED) is 0.821. The second kappa shape index (κ2) is 5.98. The van der Waals surface area contributed by atoms with Crippen molar-refractivity contribution in [3.8, 4) is 0 Å². The van der Waals surface area contributed by atoms with Crippen molar-refractivity contribution < 1.29 is 14.0 Å². The molecule has 1 rings (SSSR count). The van der Waals surface area contributed by atoms with Crippen molar-refractivity contribution in [2.24, 2.45) is 0 Å². The first-order valence-corrected chi connectivity index (χ1v) is 5.29. The van der Waals surface area contributed by atoms with E-state index >= 15 is 0 Å². The fourth-order valence-corrected chi connectivity index (χ4v) is 1.35. The summed E-state index contributed by atoms with van der Waals surface area (Å²) in [5, 5.41) is 5.00. The van der Waals surface area contributed by atoms with Crippen LogP contribution in [0.1, 0.15) is 19.4 Å². The first-order valence-electron chi connectivity index (χ1n) is 5.29. The molecular weight excluding hydrogens is 223 g/mol. The van der Waals surface area contributed by atoms with Crippen LogP contribution in [0.15, 0.2) is 24.3 Å². The van der Waals surface area contributed by atoms with Crippen LogP contribution in [0.25, 0.3) is 0 Å². The van der Waals surface area contributed by atoms with Crippen LogP contribution in [0.4, 0.5) is 4.39 Å².